The summed E-state index contributed by atoms with van der Waals surface area (Å²) >= 11 is 0. The summed E-state index contributed by atoms with van der Waals surface area (Å²) in [6.45, 7) is 6.38. The summed E-state index contributed by atoms with van der Waals surface area (Å²) in [4.78, 5) is 18.5. The molecule has 102 valence electrons. The topological polar surface area (TPSA) is 94.9 Å². The third-order valence-corrected chi connectivity index (χ3v) is 2.94. The smallest absolute Gasteiger partial charge is 0.281 e. The fraction of sp³-hybridized carbons (Fsp3) is 0.636. The average Bonchev–Trinajstić information content (AvgIpc) is 2.84. The van der Waals surface area contributed by atoms with Gasteiger partial charge in [-0.3, -0.25) is 4.79 Å². The summed E-state index contributed by atoms with van der Waals surface area (Å²) in [5, 5.41) is 7.81. The molecule has 3 rings (SSSR count). The molecule has 0 spiro atoms. The molecule has 1 unspecified atom stereocenters. The fourth-order valence-corrected chi connectivity index (χ4v) is 2.14. The fourth-order valence-electron chi connectivity index (χ4n) is 2.14. The van der Waals surface area contributed by atoms with Crippen LogP contribution in [0.1, 0.15) is 19.7 Å². The highest BCUT2D eigenvalue weighted by Gasteiger charge is 2.33. The zero-order valence-corrected chi connectivity index (χ0v) is 11.0. The van der Waals surface area contributed by atoms with Crippen LogP contribution in [0.3, 0.4) is 0 Å². The molecule has 1 N–H and O–H groups in total. The van der Waals surface area contributed by atoms with Gasteiger partial charge in [-0.1, -0.05) is 5.21 Å². The minimum absolute atomic E-state index is 0.124. The van der Waals surface area contributed by atoms with Crippen molar-refractivity contribution in [3.63, 3.8) is 0 Å². The van der Waals surface area contributed by atoms with Crippen molar-refractivity contribution in [1.29, 1.82) is 0 Å². The van der Waals surface area contributed by atoms with E-state index in [1.54, 1.807) is 11.6 Å². The molecule has 8 heteroatoms. The van der Waals surface area contributed by atoms with Gasteiger partial charge >= 0.3 is 0 Å². The first-order chi connectivity index (χ1) is 8.94. The minimum Gasteiger partial charge on any atom is -0.348 e. The van der Waals surface area contributed by atoms with Gasteiger partial charge in [-0.15, -0.1) is 5.10 Å². The van der Waals surface area contributed by atoms with Crippen molar-refractivity contribution >= 4 is 11.2 Å². The second kappa shape index (κ2) is 4.10. The van der Waals surface area contributed by atoms with Gasteiger partial charge in [0.05, 0.1) is 13.2 Å². The summed E-state index contributed by atoms with van der Waals surface area (Å²) in [7, 11) is 0. The molecule has 19 heavy (non-hydrogen) atoms. The van der Waals surface area contributed by atoms with Gasteiger partial charge in [0.2, 0.25) is 0 Å². The predicted molar refractivity (Wildman–Crippen MR) is 65.6 cm³/mol. The van der Waals surface area contributed by atoms with Crippen LogP contribution in [0.25, 0.3) is 11.2 Å². The van der Waals surface area contributed by atoms with E-state index in [4.69, 9.17) is 9.47 Å². The normalized spacial score (nSPS) is 22.2. The number of aryl methyl sites for hydroxylation is 1. The lowest BCUT2D eigenvalue weighted by molar-refractivity contribution is -0.139. The van der Waals surface area contributed by atoms with Crippen molar-refractivity contribution in [3.8, 4) is 0 Å². The highest BCUT2D eigenvalue weighted by atomic mass is 16.7. The number of nitrogens with zero attached hydrogens (tertiary/aromatic N) is 4. The Bertz CT molecular complexity index is 675. The second-order valence-corrected chi connectivity index (χ2v) is 5.05. The maximum Gasteiger partial charge on any atom is 0.281 e. The number of ether oxygens (including phenoxy) is 2. The lowest BCUT2D eigenvalue weighted by atomic mass is 10.3. The molecule has 0 radical (unpaired) electrons. The van der Waals surface area contributed by atoms with Crippen LogP contribution in [0.5, 0.6) is 0 Å². The second-order valence-electron chi connectivity index (χ2n) is 5.05. The van der Waals surface area contributed by atoms with E-state index in [1.807, 2.05) is 13.8 Å². The number of hydrogen-bond acceptors (Lipinski definition) is 6. The molecule has 1 atom stereocenters. The third-order valence-electron chi connectivity index (χ3n) is 2.94. The Balaban J connectivity index is 1.92. The zero-order valence-electron chi connectivity index (χ0n) is 11.0. The first-order valence-corrected chi connectivity index (χ1v) is 6.06. The quantitative estimate of drug-likeness (QED) is 0.819. The Morgan fingerprint density at radius 1 is 1.53 bits per heavy atom. The summed E-state index contributed by atoms with van der Waals surface area (Å²) in [6.07, 6.45) is -0.124. The minimum atomic E-state index is -0.581. The molecular weight excluding hydrogens is 250 g/mol. The summed E-state index contributed by atoms with van der Waals surface area (Å²) in [5.41, 5.74) is 0.427. The maximum atomic E-state index is 11.7. The molecule has 0 aromatic carbocycles. The van der Waals surface area contributed by atoms with E-state index in [2.05, 4.69) is 20.3 Å². The number of hydrogen-bond donors (Lipinski definition) is 1. The SMILES string of the molecule is Cc1nc2c(nnn2CC2COC(C)(C)O2)c(=O)[nH]1. The molecule has 3 heterocycles. The van der Waals surface area contributed by atoms with E-state index in [9.17, 15) is 4.79 Å². The lowest BCUT2D eigenvalue weighted by Crippen LogP contribution is -2.24. The Morgan fingerprint density at radius 2 is 2.32 bits per heavy atom. The van der Waals surface area contributed by atoms with Gasteiger partial charge in [0.15, 0.2) is 17.0 Å². The van der Waals surface area contributed by atoms with Crippen LogP contribution in [-0.2, 0) is 16.0 Å². The van der Waals surface area contributed by atoms with E-state index in [0.717, 1.165) is 0 Å². The van der Waals surface area contributed by atoms with Crippen molar-refractivity contribution in [2.45, 2.75) is 39.2 Å². The number of aromatic nitrogens is 5. The number of fused-ring (bicyclic) bond motifs is 1. The van der Waals surface area contributed by atoms with Crippen LogP contribution >= 0.6 is 0 Å². The molecule has 1 aliphatic rings. The largest absolute Gasteiger partial charge is 0.348 e. The molecule has 1 aliphatic heterocycles. The summed E-state index contributed by atoms with van der Waals surface area (Å²) < 4.78 is 12.8. The number of H-pyrrole nitrogens is 1. The molecular formula is C11H15N5O3. The lowest BCUT2D eigenvalue weighted by Gasteiger charge is -2.16. The molecule has 1 fully saturated rings. The van der Waals surface area contributed by atoms with Gasteiger partial charge in [0, 0.05) is 0 Å². The van der Waals surface area contributed by atoms with Gasteiger partial charge in [0.25, 0.3) is 5.56 Å². The van der Waals surface area contributed by atoms with Crippen LogP contribution in [0.2, 0.25) is 0 Å². The zero-order chi connectivity index (χ0) is 13.6. The Morgan fingerprint density at radius 3 is 3.00 bits per heavy atom. The average molecular weight is 265 g/mol. The van der Waals surface area contributed by atoms with Crippen LogP contribution < -0.4 is 5.56 Å². The van der Waals surface area contributed by atoms with Gasteiger partial charge in [0.1, 0.15) is 11.9 Å². The molecule has 8 nitrogen and oxygen atoms in total. The van der Waals surface area contributed by atoms with Gasteiger partial charge in [-0.25, -0.2) is 9.67 Å². The Labute approximate surface area is 108 Å². The first-order valence-electron chi connectivity index (χ1n) is 6.06. The Hall–Kier alpha value is -1.80. The monoisotopic (exact) mass is 265 g/mol. The van der Waals surface area contributed by atoms with E-state index in [1.165, 1.54) is 0 Å². The molecule has 2 aromatic rings. The molecule has 0 saturated carbocycles. The molecule has 1 saturated heterocycles. The first kappa shape index (κ1) is 12.2. The van der Waals surface area contributed by atoms with E-state index >= 15 is 0 Å². The molecule has 2 aromatic heterocycles. The molecule has 0 bridgehead atoms. The van der Waals surface area contributed by atoms with Gasteiger partial charge in [-0.05, 0) is 20.8 Å². The van der Waals surface area contributed by atoms with Crippen LogP contribution in [0.4, 0.5) is 0 Å². The van der Waals surface area contributed by atoms with Crippen molar-refractivity contribution in [3.05, 3.63) is 16.2 Å². The van der Waals surface area contributed by atoms with Crippen molar-refractivity contribution in [2.24, 2.45) is 0 Å². The van der Waals surface area contributed by atoms with E-state index in [-0.39, 0.29) is 17.2 Å². The van der Waals surface area contributed by atoms with E-state index in [0.29, 0.717) is 24.6 Å². The highest BCUT2D eigenvalue weighted by Crippen LogP contribution is 2.23. The van der Waals surface area contributed by atoms with Crippen LogP contribution in [0, 0.1) is 6.92 Å². The van der Waals surface area contributed by atoms with Crippen molar-refractivity contribution in [2.75, 3.05) is 6.61 Å². The summed E-state index contributed by atoms with van der Waals surface area (Å²) in [5.74, 6) is -0.0491. The van der Waals surface area contributed by atoms with Crippen molar-refractivity contribution in [1.82, 2.24) is 25.0 Å². The van der Waals surface area contributed by atoms with Gasteiger partial charge in [-0.2, -0.15) is 0 Å². The van der Waals surface area contributed by atoms with E-state index < -0.39 is 5.79 Å². The highest BCUT2D eigenvalue weighted by molar-refractivity contribution is 5.67. The number of nitrogens with one attached hydrogen (secondary N) is 1. The van der Waals surface area contributed by atoms with Crippen LogP contribution in [-0.4, -0.2) is 43.5 Å². The standard InChI is InChI=1S/C11H15N5O3/c1-6-12-9-8(10(17)13-6)14-15-16(9)4-7-5-18-11(2,3)19-7/h7H,4-5H2,1-3H3,(H,12,13,17). The van der Waals surface area contributed by atoms with Crippen molar-refractivity contribution < 1.29 is 9.47 Å². The maximum absolute atomic E-state index is 11.7. The number of rotatable bonds is 2. The summed E-state index contributed by atoms with van der Waals surface area (Å²) in [6, 6.07) is 0. The third kappa shape index (κ3) is 2.24. The van der Waals surface area contributed by atoms with Gasteiger partial charge < -0.3 is 14.5 Å². The van der Waals surface area contributed by atoms with Crippen LogP contribution in [0.15, 0.2) is 4.79 Å². The molecule has 0 amide bonds. The number of aromatic amines is 1. The Kier molecular flexibility index (Phi) is 2.64. The predicted octanol–water partition coefficient (Wildman–Crippen LogP) is -0.0255. The molecule has 0 aliphatic carbocycles.